The maximum atomic E-state index is 13.9. The van der Waals surface area contributed by atoms with Gasteiger partial charge in [-0.25, -0.2) is 4.39 Å². The van der Waals surface area contributed by atoms with Crippen LogP contribution in [-0.2, 0) is 13.0 Å². The summed E-state index contributed by atoms with van der Waals surface area (Å²) in [6, 6.07) is 3.45. The summed E-state index contributed by atoms with van der Waals surface area (Å²) in [6.07, 6.45) is 2.77. The van der Waals surface area contributed by atoms with Gasteiger partial charge < -0.3 is 10.3 Å². The Balaban J connectivity index is 2.74. The van der Waals surface area contributed by atoms with Crippen molar-refractivity contribution in [2.45, 2.75) is 19.9 Å². The van der Waals surface area contributed by atoms with Crippen molar-refractivity contribution in [1.82, 2.24) is 4.57 Å². The van der Waals surface area contributed by atoms with Gasteiger partial charge in [-0.15, -0.1) is 0 Å². The van der Waals surface area contributed by atoms with Gasteiger partial charge in [-0.05, 0) is 37.6 Å². The molecule has 0 saturated heterocycles. The van der Waals surface area contributed by atoms with E-state index in [4.69, 9.17) is 5.73 Å². The molecule has 4 heteroatoms. The molecule has 0 amide bonds. The highest BCUT2D eigenvalue weighted by molar-refractivity contribution is 9.10. The summed E-state index contributed by atoms with van der Waals surface area (Å²) in [7, 11) is 0. The summed E-state index contributed by atoms with van der Waals surface area (Å²) >= 11 is 3.32. The van der Waals surface area contributed by atoms with E-state index in [1.807, 2.05) is 23.8 Å². The largest absolute Gasteiger partial charge is 0.345 e. The van der Waals surface area contributed by atoms with E-state index in [2.05, 4.69) is 15.9 Å². The molecule has 1 aromatic heterocycles. The van der Waals surface area contributed by atoms with Crippen molar-refractivity contribution in [1.29, 1.82) is 0 Å². The summed E-state index contributed by atoms with van der Waals surface area (Å²) in [5, 5.41) is 0.958. The van der Waals surface area contributed by atoms with E-state index in [9.17, 15) is 4.39 Å². The molecule has 2 aromatic rings. The van der Waals surface area contributed by atoms with Crippen molar-refractivity contribution < 1.29 is 4.39 Å². The van der Waals surface area contributed by atoms with E-state index in [-0.39, 0.29) is 5.82 Å². The van der Waals surface area contributed by atoms with Gasteiger partial charge in [0, 0.05) is 22.6 Å². The molecular weight excluding hydrogens is 271 g/mol. The predicted molar refractivity (Wildman–Crippen MR) is 68.0 cm³/mol. The molecule has 0 fully saturated rings. The van der Waals surface area contributed by atoms with E-state index in [0.717, 1.165) is 28.4 Å². The van der Waals surface area contributed by atoms with Crippen LogP contribution in [0.5, 0.6) is 0 Å². The predicted octanol–water partition coefficient (Wildman–Crippen LogP) is 3.06. The molecule has 1 aromatic carbocycles. The van der Waals surface area contributed by atoms with Gasteiger partial charge >= 0.3 is 0 Å². The Bertz CT molecular complexity index is 519. The van der Waals surface area contributed by atoms with Crippen molar-refractivity contribution in [2.24, 2.45) is 5.73 Å². The van der Waals surface area contributed by atoms with E-state index in [1.165, 1.54) is 6.07 Å². The van der Waals surface area contributed by atoms with Crippen LogP contribution in [0, 0.1) is 5.82 Å². The van der Waals surface area contributed by atoms with Crippen LogP contribution in [0.3, 0.4) is 0 Å². The summed E-state index contributed by atoms with van der Waals surface area (Å²) in [4.78, 5) is 0. The molecule has 0 radical (unpaired) electrons. The van der Waals surface area contributed by atoms with Crippen molar-refractivity contribution in [3.05, 3.63) is 34.2 Å². The first-order valence-corrected chi connectivity index (χ1v) is 6.13. The average molecular weight is 285 g/mol. The van der Waals surface area contributed by atoms with E-state index in [0.29, 0.717) is 12.1 Å². The minimum absolute atomic E-state index is 0.186. The van der Waals surface area contributed by atoms with Gasteiger partial charge in [-0.3, -0.25) is 0 Å². The summed E-state index contributed by atoms with van der Waals surface area (Å²) < 4.78 is 16.6. The maximum absolute atomic E-state index is 13.9. The number of hydrogen-bond acceptors (Lipinski definition) is 1. The molecular formula is C12H14BrFN2. The fourth-order valence-electron chi connectivity index (χ4n) is 2.03. The first kappa shape index (κ1) is 11.6. The number of fused-ring (bicyclic) bond motifs is 1. The van der Waals surface area contributed by atoms with Crippen molar-refractivity contribution in [3.63, 3.8) is 0 Å². The molecule has 2 nitrogen and oxygen atoms in total. The fraction of sp³-hybridized carbons (Fsp3) is 0.333. The van der Waals surface area contributed by atoms with Gasteiger partial charge in [-0.1, -0.05) is 15.9 Å². The van der Waals surface area contributed by atoms with Crippen LogP contribution in [0.2, 0.25) is 0 Å². The number of aryl methyl sites for hydroxylation is 1. The Hall–Kier alpha value is -0.870. The molecule has 0 spiro atoms. The third-order valence-corrected chi connectivity index (χ3v) is 3.19. The molecule has 86 valence electrons. The van der Waals surface area contributed by atoms with Crippen molar-refractivity contribution in [2.75, 3.05) is 6.54 Å². The highest BCUT2D eigenvalue weighted by Gasteiger charge is 2.12. The minimum atomic E-state index is -0.186. The van der Waals surface area contributed by atoms with E-state index < -0.39 is 0 Å². The average Bonchev–Trinajstić information content (AvgIpc) is 2.57. The lowest BCUT2D eigenvalue weighted by molar-refractivity contribution is 0.625. The fourth-order valence-corrected chi connectivity index (χ4v) is 2.46. The zero-order valence-corrected chi connectivity index (χ0v) is 10.7. The number of nitrogens with zero attached hydrogens (tertiary/aromatic N) is 1. The number of nitrogens with two attached hydrogens (primary N) is 1. The SMILES string of the molecule is CCn1cc(CCN)c2cc(Br)cc(F)c21. The number of hydrogen-bond donors (Lipinski definition) is 1. The van der Waals surface area contributed by atoms with Gasteiger partial charge in [0.15, 0.2) is 0 Å². The standard InChI is InChI=1S/C12H14BrFN2/c1-2-16-7-8(3-4-15)10-5-9(13)6-11(14)12(10)16/h5-7H,2-4,15H2,1H3. The Morgan fingerprint density at radius 1 is 1.44 bits per heavy atom. The highest BCUT2D eigenvalue weighted by atomic mass is 79.9. The van der Waals surface area contributed by atoms with Gasteiger partial charge in [0.2, 0.25) is 0 Å². The molecule has 0 unspecified atom stereocenters. The second kappa shape index (κ2) is 4.55. The Morgan fingerprint density at radius 3 is 2.81 bits per heavy atom. The third-order valence-electron chi connectivity index (χ3n) is 2.73. The summed E-state index contributed by atoms with van der Waals surface area (Å²) in [5.74, 6) is -0.186. The first-order chi connectivity index (χ1) is 7.67. The lowest BCUT2D eigenvalue weighted by Gasteiger charge is -2.02. The van der Waals surface area contributed by atoms with Gasteiger partial charge in [-0.2, -0.15) is 0 Å². The quantitative estimate of drug-likeness (QED) is 0.923. The van der Waals surface area contributed by atoms with Crippen LogP contribution >= 0.6 is 15.9 Å². The van der Waals surface area contributed by atoms with Crippen LogP contribution in [-0.4, -0.2) is 11.1 Å². The highest BCUT2D eigenvalue weighted by Crippen LogP contribution is 2.28. The van der Waals surface area contributed by atoms with Crippen LogP contribution < -0.4 is 5.73 Å². The van der Waals surface area contributed by atoms with Crippen LogP contribution in [0.15, 0.2) is 22.8 Å². The maximum Gasteiger partial charge on any atom is 0.148 e. The van der Waals surface area contributed by atoms with E-state index in [1.54, 1.807) is 0 Å². The zero-order valence-electron chi connectivity index (χ0n) is 9.13. The molecule has 1 heterocycles. The summed E-state index contributed by atoms with van der Waals surface area (Å²) in [5.41, 5.74) is 7.35. The van der Waals surface area contributed by atoms with Gasteiger partial charge in [0.1, 0.15) is 5.82 Å². The third kappa shape index (κ3) is 1.87. The molecule has 2 rings (SSSR count). The molecule has 0 saturated carbocycles. The number of halogens is 2. The topological polar surface area (TPSA) is 30.9 Å². The second-order valence-corrected chi connectivity index (χ2v) is 4.68. The molecule has 0 bridgehead atoms. The second-order valence-electron chi connectivity index (χ2n) is 3.76. The van der Waals surface area contributed by atoms with Crippen LogP contribution in [0.4, 0.5) is 4.39 Å². The smallest absolute Gasteiger partial charge is 0.148 e. The van der Waals surface area contributed by atoms with Crippen LogP contribution in [0.1, 0.15) is 12.5 Å². The van der Waals surface area contributed by atoms with E-state index >= 15 is 0 Å². The monoisotopic (exact) mass is 284 g/mol. The summed E-state index contributed by atoms with van der Waals surface area (Å²) in [6.45, 7) is 3.35. The Morgan fingerprint density at radius 2 is 2.19 bits per heavy atom. The minimum Gasteiger partial charge on any atom is -0.345 e. The molecule has 0 aliphatic heterocycles. The van der Waals surface area contributed by atoms with Crippen molar-refractivity contribution in [3.8, 4) is 0 Å². The normalized spacial score (nSPS) is 11.2. The van der Waals surface area contributed by atoms with Crippen LogP contribution in [0.25, 0.3) is 10.9 Å². The molecule has 0 aliphatic carbocycles. The molecule has 0 aliphatic rings. The molecule has 0 atom stereocenters. The number of aromatic nitrogens is 1. The molecule has 16 heavy (non-hydrogen) atoms. The lowest BCUT2D eigenvalue weighted by atomic mass is 10.1. The van der Waals surface area contributed by atoms with Gasteiger partial charge in [0.05, 0.1) is 5.52 Å². The zero-order chi connectivity index (χ0) is 11.7. The Kier molecular flexibility index (Phi) is 3.30. The number of rotatable bonds is 3. The first-order valence-electron chi connectivity index (χ1n) is 5.34. The van der Waals surface area contributed by atoms with Crippen molar-refractivity contribution >= 4 is 26.8 Å². The van der Waals surface area contributed by atoms with Gasteiger partial charge in [0.25, 0.3) is 0 Å². The lowest BCUT2D eigenvalue weighted by Crippen LogP contribution is -2.02. The Labute approximate surface area is 102 Å². The molecule has 2 N–H and O–H groups in total. The number of benzene rings is 1.